The summed E-state index contributed by atoms with van der Waals surface area (Å²) in [4.78, 5) is 5.38. The first kappa shape index (κ1) is 30.5. The van der Waals surface area contributed by atoms with Crippen LogP contribution in [0.25, 0.3) is 65.8 Å². The Hall–Kier alpha value is -6.53. The second kappa shape index (κ2) is 12.7. The molecule has 0 saturated carbocycles. The van der Waals surface area contributed by atoms with Gasteiger partial charge in [0.25, 0.3) is 0 Å². The average molecular weight is 650 g/mol. The molecule has 0 atom stereocenters. The summed E-state index contributed by atoms with van der Waals surface area (Å²) in [5.74, 6) is 0. The average Bonchev–Trinajstić information content (AvgIpc) is 3.33. The maximum absolute atomic E-state index is 5.38. The zero-order valence-electron chi connectivity index (χ0n) is 28.7. The molecule has 1 aliphatic rings. The van der Waals surface area contributed by atoms with Gasteiger partial charge in [0, 0.05) is 16.7 Å². The Morgan fingerprint density at radius 1 is 0.353 bits per heavy atom. The quantitative estimate of drug-likeness (QED) is 0.130. The number of hydrogen-bond donors (Lipinski definition) is 0. The zero-order chi connectivity index (χ0) is 34.3. The van der Waals surface area contributed by atoms with Crippen LogP contribution in [0.15, 0.2) is 198 Å². The number of nitrogens with zero attached hydrogens (tertiary/aromatic N) is 1. The Kier molecular flexibility index (Phi) is 7.62. The van der Waals surface area contributed by atoms with Crippen LogP contribution in [0, 0.1) is 0 Å². The van der Waals surface area contributed by atoms with E-state index in [1.807, 2.05) is 0 Å². The van der Waals surface area contributed by atoms with Gasteiger partial charge in [0.15, 0.2) is 0 Å². The van der Waals surface area contributed by atoms with E-state index in [2.05, 4.69) is 196 Å². The van der Waals surface area contributed by atoms with E-state index in [9.17, 15) is 0 Å². The summed E-state index contributed by atoms with van der Waals surface area (Å²) < 4.78 is 0. The number of benzene rings is 8. The van der Waals surface area contributed by atoms with Crippen LogP contribution >= 0.6 is 0 Å². The molecule has 0 unspecified atom stereocenters. The molecular weight excluding hydrogens is 615 g/mol. The van der Waals surface area contributed by atoms with Crippen molar-refractivity contribution in [3.05, 3.63) is 209 Å². The molecule has 0 spiro atoms. The summed E-state index contributed by atoms with van der Waals surface area (Å²) in [5, 5.41) is 7.72. The van der Waals surface area contributed by atoms with Gasteiger partial charge in [-0.2, -0.15) is 0 Å². The van der Waals surface area contributed by atoms with Crippen LogP contribution in [0.3, 0.4) is 0 Å². The molecule has 8 aromatic carbocycles. The van der Waals surface area contributed by atoms with Crippen molar-refractivity contribution in [1.29, 1.82) is 0 Å². The van der Waals surface area contributed by atoms with Crippen LogP contribution in [0.2, 0.25) is 0 Å². The van der Waals surface area contributed by atoms with E-state index in [1.165, 1.54) is 65.7 Å². The van der Waals surface area contributed by atoms with Gasteiger partial charge in [0.2, 0.25) is 0 Å². The number of hydrogen-bond acceptors (Lipinski definition) is 1. The first-order chi connectivity index (χ1) is 25.1. The lowest BCUT2D eigenvalue weighted by Gasteiger charge is -2.15. The molecule has 0 aliphatic carbocycles. The fourth-order valence-electron chi connectivity index (χ4n) is 7.68. The van der Waals surface area contributed by atoms with Gasteiger partial charge in [-0.1, -0.05) is 176 Å². The normalized spacial score (nSPS) is 13.3. The maximum atomic E-state index is 5.38. The Labute approximate surface area is 298 Å². The van der Waals surface area contributed by atoms with Crippen molar-refractivity contribution in [3.8, 4) is 22.3 Å². The van der Waals surface area contributed by atoms with Crippen molar-refractivity contribution in [2.45, 2.75) is 13.8 Å². The SMILES string of the molecule is CC1=C=C(c2ccc(-c3ccccc3)cc2)N=C(c2ccc(-c3ccc4c5ccccc5c5ccccc5c4c3)cc2)C(C)=C1c1ccccc1. The van der Waals surface area contributed by atoms with Crippen LogP contribution in [0.4, 0.5) is 0 Å². The third kappa shape index (κ3) is 5.51. The third-order valence-corrected chi connectivity index (χ3v) is 10.2. The fraction of sp³-hybridized carbons (Fsp3) is 0.0400. The lowest BCUT2D eigenvalue weighted by Crippen LogP contribution is -2.06. The minimum absolute atomic E-state index is 0.838. The standard InChI is InChI=1S/C50H35N/c1-33-31-48(38-25-21-36(22-26-38)35-13-5-3-6-14-35)51-50(34(2)49(33)39-15-7-4-8-16-39)40-27-23-37(24-28-40)41-29-30-46-44-19-10-9-17-42(44)43-18-11-12-20-45(43)47(46)32-41/h3-30,32H,1-2H3. The van der Waals surface area contributed by atoms with E-state index in [4.69, 9.17) is 4.99 Å². The molecule has 0 saturated heterocycles. The summed E-state index contributed by atoms with van der Waals surface area (Å²) in [6, 6.07) is 63.1. The lowest BCUT2D eigenvalue weighted by atomic mass is 9.89. The molecule has 1 heteroatoms. The molecule has 0 amide bonds. The summed E-state index contributed by atoms with van der Waals surface area (Å²) >= 11 is 0. The zero-order valence-corrected chi connectivity index (χ0v) is 28.7. The molecule has 1 nitrogen and oxygen atoms in total. The molecular formula is C50H35N. The van der Waals surface area contributed by atoms with E-state index >= 15 is 0 Å². The molecule has 1 heterocycles. The minimum atomic E-state index is 0.838. The summed E-state index contributed by atoms with van der Waals surface area (Å²) in [6.45, 7) is 4.35. The molecule has 240 valence electrons. The fourth-order valence-corrected chi connectivity index (χ4v) is 7.68. The van der Waals surface area contributed by atoms with Gasteiger partial charge in [-0.25, -0.2) is 4.99 Å². The van der Waals surface area contributed by atoms with Gasteiger partial charge in [0.1, 0.15) is 5.70 Å². The van der Waals surface area contributed by atoms with Crippen LogP contribution in [-0.4, -0.2) is 5.71 Å². The molecule has 9 rings (SSSR count). The van der Waals surface area contributed by atoms with Crippen molar-refractivity contribution in [1.82, 2.24) is 0 Å². The highest BCUT2D eigenvalue weighted by molar-refractivity contribution is 6.26. The van der Waals surface area contributed by atoms with E-state index in [-0.39, 0.29) is 0 Å². The maximum Gasteiger partial charge on any atom is 0.113 e. The molecule has 1 aliphatic heterocycles. The third-order valence-electron chi connectivity index (χ3n) is 10.2. The van der Waals surface area contributed by atoms with Gasteiger partial charge >= 0.3 is 0 Å². The Bertz CT molecular complexity index is 2700. The van der Waals surface area contributed by atoms with Crippen LogP contribution in [-0.2, 0) is 0 Å². The second-order valence-electron chi connectivity index (χ2n) is 13.3. The van der Waals surface area contributed by atoms with Crippen molar-refractivity contribution in [2.75, 3.05) is 0 Å². The molecule has 0 fully saturated rings. The van der Waals surface area contributed by atoms with Crippen LogP contribution < -0.4 is 0 Å². The van der Waals surface area contributed by atoms with Crippen LogP contribution in [0.1, 0.15) is 30.5 Å². The highest BCUT2D eigenvalue weighted by Crippen LogP contribution is 2.38. The second-order valence-corrected chi connectivity index (χ2v) is 13.3. The summed E-state index contributed by atoms with van der Waals surface area (Å²) in [7, 11) is 0. The first-order valence-electron chi connectivity index (χ1n) is 17.6. The largest absolute Gasteiger partial charge is 0.239 e. The summed E-state index contributed by atoms with van der Waals surface area (Å²) in [6.07, 6.45) is 0. The van der Waals surface area contributed by atoms with E-state index in [0.717, 1.165) is 33.7 Å². The lowest BCUT2D eigenvalue weighted by molar-refractivity contribution is 1.44. The predicted octanol–water partition coefficient (Wildman–Crippen LogP) is 13.3. The van der Waals surface area contributed by atoms with Crippen molar-refractivity contribution >= 4 is 49.3 Å². The highest BCUT2D eigenvalue weighted by atomic mass is 14.8. The number of fused-ring (bicyclic) bond motifs is 6. The molecule has 0 aromatic heterocycles. The van der Waals surface area contributed by atoms with Crippen molar-refractivity contribution in [2.24, 2.45) is 4.99 Å². The van der Waals surface area contributed by atoms with E-state index in [1.54, 1.807) is 0 Å². The van der Waals surface area contributed by atoms with E-state index in [0.29, 0.717) is 0 Å². The highest BCUT2D eigenvalue weighted by Gasteiger charge is 2.19. The van der Waals surface area contributed by atoms with Gasteiger partial charge in [-0.15, -0.1) is 0 Å². The van der Waals surface area contributed by atoms with Crippen molar-refractivity contribution < 1.29 is 0 Å². The molecule has 8 aromatic rings. The minimum Gasteiger partial charge on any atom is -0.239 e. The summed E-state index contributed by atoms with van der Waals surface area (Å²) in [5.41, 5.74) is 16.9. The van der Waals surface area contributed by atoms with Gasteiger partial charge in [-0.3, -0.25) is 0 Å². The Balaban J connectivity index is 1.15. The van der Waals surface area contributed by atoms with Gasteiger partial charge in [0.05, 0.1) is 5.71 Å². The number of allylic oxidation sites excluding steroid dienone is 3. The number of aliphatic imine (C=N–C) groups is 1. The monoisotopic (exact) mass is 649 g/mol. The van der Waals surface area contributed by atoms with Gasteiger partial charge in [-0.05, 0) is 91.2 Å². The van der Waals surface area contributed by atoms with Crippen LogP contribution in [0.5, 0.6) is 0 Å². The first-order valence-corrected chi connectivity index (χ1v) is 17.6. The van der Waals surface area contributed by atoms with E-state index < -0.39 is 0 Å². The topological polar surface area (TPSA) is 12.4 Å². The molecule has 51 heavy (non-hydrogen) atoms. The van der Waals surface area contributed by atoms with Crippen molar-refractivity contribution in [3.63, 3.8) is 0 Å². The molecule has 0 bridgehead atoms. The Morgan fingerprint density at radius 2 is 0.765 bits per heavy atom. The smallest absolute Gasteiger partial charge is 0.113 e. The molecule has 0 N–H and O–H groups in total. The Morgan fingerprint density at radius 3 is 1.35 bits per heavy atom. The predicted molar refractivity (Wildman–Crippen MR) is 218 cm³/mol. The number of rotatable bonds is 5. The van der Waals surface area contributed by atoms with Gasteiger partial charge < -0.3 is 0 Å². The molecule has 0 radical (unpaired) electrons.